The SMILES string of the molecule is CNCc1cccc(Br)c1OCC1CCOC1. The molecular formula is C13H18BrNO2. The van der Waals surface area contributed by atoms with Crippen LogP contribution < -0.4 is 10.1 Å². The van der Waals surface area contributed by atoms with Gasteiger partial charge in [-0.3, -0.25) is 0 Å². The van der Waals surface area contributed by atoms with Crippen molar-refractivity contribution in [2.24, 2.45) is 5.92 Å². The Kier molecular flexibility index (Phi) is 4.83. The Hall–Kier alpha value is -0.580. The van der Waals surface area contributed by atoms with Crippen LogP contribution in [0.1, 0.15) is 12.0 Å². The van der Waals surface area contributed by atoms with Gasteiger partial charge in [0.25, 0.3) is 0 Å². The van der Waals surface area contributed by atoms with Gasteiger partial charge in [0.05, 0.1) is 17.7 Å². The van der Waals surface area contributed by atoms with E-state index in [0.717, 1.165) is 43.0 Å². The first kappa shape index (κ1) is 12.9. The summed E-state index contributed by atoms with van der Waals surface area (Å²) in [4.78, 5) is 0. The Balaban J connectivity index is 2.02. The largest absolute Gasteiger partial charge is 0.492 e. The molecular weight excluding hydrogens is 282 g/mol. The maximum absolute atomic E-state index is 5.94. The molecule has 0 bridgehead atoms. The molecule has 1 atom stereocenters. The molecule has 1 aliphatic heterocycles. The van der Waals surface area contributed by atoms with E-state index in [2.05, 4.69) is 27.3 Å². The van der Waals surface area contributed by atoms with E-state index >= 15 is 0 Å². The molecule has 1 fully saturated rings. The molecule has 1 heterocycles. The van der Waals surface area contributed by atoms with Crippen molar-refractivity contribution in [1.82, 2.24) is 5.32 Å². The van der Waals surface area contributed by atoms with Gasteiger partial charge in [0.1, 0.15) is 5.75 Å². The van der Waals surface area contributed by atoms with E-state index in [0.29, 0.717) is 5.92 Å². The summed E-state index contributed by atoms with van der Waals surface area (Å²) in [6.45, 7) is 3.24. The van der Waals surface area contributed by atoms with E-state index in [4.69, 9.17) is 9.47 Å². The second-order valence-electron chi connectivity index (χ2n) is 4.30. The number of hydrogen-bond donors (Lipinski definition) is 1. The van der Waals surface area contributed by atoms with E-state index in [1.54, 1.807) is 0 Å². The van der Waals surface area contributed by atoms with Crippen molar-refractivity contribution in [1.29, 1.82) is 0 Å². The van der Waals surface area contributed by atoms with Crippen molar-refractivity contribution in [2.45, 2.75) is 13.0 Å². The molecule has 1 aliphatic rings. The fourth-order valence-electron chi connectivity index (χ4n) is 1.96. The molecule has 0 saturated carbocycles. The highest BCUT2D eigenvalue weighted by Gasteiger charge is 2.17. The van der Waals surface area contributed by atoms with Gasteiger partial charge < -0.3 is 14.8 Å². The maximum Gasteiger partial charge on any atom is 0.137 e. The number of nitrogens with one attached hydrogen (secondary N) is 1. The van der Waals surface area contributed by atoms with Crippen molar-refractivity contribution in [3.63, 3.8) is 0 Å². The van der Waals surface area contributed by atoms with Crippen molar-refractivity contribution in [3.8, 4) is 5.75 Å². The van der Waals surface area contributed by atoms with Crippen LogP contribution in [0.15, 0.2) is 22.7 Å². The first-order chi connectivity index (χ1) is 8.31. The molecule has 0 radical (unpaired) electrons. The Morgan fingerprint density at radius 1 is 1.53 bits per heavy atom. The Labute approximate surface area is 111 Å². The third-order valence-electron chi connectivity index (χ3n) is 2.90. The maximum atomic E-state index is 5.94. The van der Waals surface area contributed by atoms with Gasteiger partial charge in [-0.2, -0.15) is 0 Å². The van der Waals surface area contributed by atoms with Crippen LogP contribution in [0.5, 0.6) is 5.75 Å². The predicted octanol–water partition coefficient (Wildman–Crippen LogP) is 2.58. The minimum atomic E-state index is 0.532. The lowest BCUT2D eigenvalue weighted by Gasteiger charge is -2.15. The summed E-state index contributed by atoms with van der Waals surface area (Å²) in [6.07, 6.45) is 1.10. The van der Waals surface area contributed by atoms with Crippen LogP contribution >= 0.6 is 15.9 Å². The van der Waals surface area contributed by atoms with E-state index in [1.165, 1.54) is 5.56 Å². The fraction of sp³-hybridized carbons (Fsp3) is 0.538. The summed E-state index contributed by atoms with van der Waals surface area (Å²) < 4.78 is 12.3. The van der Waals surface area contributed by atoms with Crippen LogP contribution in [-0.2, 0) is 11.3 Å². The molecule has 0 amide bonds. The summed E-state index contributed by atoms with van der Waals surface area (Å²) in [6, 6.07) is 6.13. The number of rotatable bonds is 5. The highest BCUT2D eigenvalue weighted by atomic mass is 79.9. The molecule has 1 saturated heterocycles. The minimum absolute atomic E-state index is 0.532. The lowest BCUT2D eigenvalue weighted by atomic mass is 10.1. The molecule has 1 aromatic carbocycles. The van der Waals surface area contributed by atoms with Gasteiger partial charge in [-0.25, -0.2) is 0 Å². The van der Waals surface area contributed by atoms with Gasteiger partial charge in [0.2, 0.25) is 0 Å². The van der Waals surface area contributed by atoms with Crippen molar-refractivity contribution >= 4 is 15.9 Å². The predicted molar refractivity (Wildman–Crippen MR) is 71.3 cm³/mol. The molecule has 2 rings (SSSR count). The minimum Gasteiger partial charge on any atom is -0.492 e. The molecule has 1 aromatic rings. The molecule has 3 nitrogen and oxygen atoms in total. The number of benzene rings is 1. The quantitative estimate of drug-likeness (QED) is 0.906. The van der Waals surface area contributed by atoms with Crippen LogP contribution in [0.4, 0.5) is 0 Å². The van der Waals surface area contributed by atoms with Crippen LogP contribution in [0.25, 0.3) is 0 Å². The summed E-state index contributed by atoms with van der Waals surface area (Å²) >= 11 is 3.54. The lowest BCUT2D eigenvalue weighted by molar-refractivity contribution is 0.166. The van der Waals surface area contributed by atoms with Gasteiger partial charge >= 0.3 is 0 Å². The van der Waals surface area contributed by atoms with Crippen molar-refractivity contribution in [3.05, 3.63) is 28.2 Å². The average Bonchev–Trinajstić information content (AvgIpc) is 2.82. The zero-order valence-electron chi connectivity index (χ0n) is 10.0. The summed E-state index contributed by atoms with van der Waals surface area (Å²) in [5, 5.41) is 3.15. The van der Waals surface area contributed by atoms with E-state index in [1.807, 2.05) is 19.2 Å². The topological polar surface area (TPSA) is 30.5 Å². The van der Waals surface area contributed by atoms with Crippen LogP contribution in [0.3, 0.4) is 0 Å². The molecule has 0 aromatic heterocycles. The Morgan fingerprint density at radius 3 is 3.12 bits per heavy atom. The normalized spacial score (nSPS) is 19.5. The van der Waals surface area contributed by atoms with Gasteiger partial charge in [-0.1, -0.05) is 12.1 Å². The highest BCUT2D eigenvalue weighted by molar-refractivity contribution is 9.10. The van der Waals surface area contributed by atoms with Crippen LogP contribution in [-0.4, -0.2) is 26.9 Å². The standard InChI is InChI=1S/C13H18BrNO2/c1-15-7-11-3-2-4-12(14)13(11)17-9-10-5-6-16-8-10/h2-4,10,15H,5-9H2,1H3. The fourth-order valence-corrected chi connectivity index (χ4v) is 2.48. The third-order valence-corrected chi connectivity index (χ3v) is 3.53. The van der Waals surface area contributed by atoms with Gasteiger partial charge in [0, 0.05) is 24.6 Å². The highest BCUT2D eigenvalue weighted by Crippen LogP contribution is 2.30. The molecule has 4 heteroatoms. The first-order valence-electron chi connectivity index (χ1n) is 5.94. The number of para-hydroxylation sites is 1. The van der Waals surface area contributed by atoms with E-state index < -0.39 is 0 Å². The molecule has 1 unspecified atom stereocenters. The zero-order chi connectivity index (χ0) is 12.1. The second-order valence-corrected chi connectivity index (χ2v) is 5.15. The van der Waals surface area contributed by atoms with Crippen molar-refractivity contribution < 1.29 is 9.47 Å². The number of hydrogen-bond acceptors (Lipinski definition) is 3. The summed E-state index contributed by atoms with van der Waals surface area (Å²) in [5.74, 6) is 1.48. The second kappa shape index (κ2) is 6.38. The zero-order valence-corrected chi connectivity index (χ0v) is 11.6. The summed E-state index contributed by atoms with van der Waals surface area (Å²) in [5.41, 5.74) is 1.18. The molecule has 17 heavy (non-hydrogen) atoms. The molecule has 94 valence electrons. The monoisotopic (exact) mass is 299 g/mol. The molecule has 0 spiro atoms. The number of ether oxygens (including phenoxy) is 2. The first-order valence-corrected chi connectivity index (χ1v) is 6.73. The van der Waals surface area contributed by atoms with Crippen LogP contribution in [0.2, 0.25) is 0 Å². The van der Waals surface area contributed by atoms with Gasteiger partial charge in [0.15, 0.2) is 0 Å². The van der Waals surface area contributed by atoms with Crippen molar-refractivity contribution in [2.75, 3.05) is 26.9 Å². The average molecular weight is 300 g/mol. The van der Waals surface area contributed by atoms with E-state index in [9.17, 15) is 0 Å². The number of halogens is 1. The molecule has 1 N–H and O–H groups in total. The third kappa shape index (κ3) is 3.44. The van der Waals surface area contributed by atoms with E-state index in [-0.39, 0.29) is 0 Å². The smallest absolute Gasteiger partial charge is 0.137 e. The van der Waals surface area contributed by atoms with Crippen LogP contribution in [0, 0.1) is 5.92 Å². The molecule has 0 aliphatic carbocycles. The van der Waals surface area contributed by atoms with Gasteiger partial charge in [-0.05, 0) is 35.5 Å². The van der Waals surface area contributed by atoms with Gasteiger partial charge in [-0.15, -0.1) is 0 Å². The summed E-state index contributed by atoms with van der Waals surface area (Å²) in [7, 11) is 1.94. The Bertz CT molecular complexity index is 364. The Morgan fingerprint density at radius 2 is 2.41 bits per heavy atom. The lowest BCUT2D eigenvalue weighted by Crippen LogP contribution is -2.14.